The third-order valence-electron chi connectivity index (χ3n) is 5.54. The molecule has 7 nitrogen and oxygen atoms in total. The second-order valence-corrected chi connectivity index (χ2v) is 8.53. The number of rotatable bonds is 6. The van der Waals surface area contributed by atoms with E-state index in [9.17, 15) is 14.7 Å². The summed E-state index contributed by atoms with van der Waals surface area (Å²) < 4.78 is 1.40. The Morgan fingerprint density at radius 2 is 1.91 bits per heavy atom. The van der Waals surface area contributed by atoms with Gasteiger partial charge in [0.2, 0.25) is 0 Å². The summed E-state index contributed by atoms with van der Waals surface area (Å²) in [5, 5.41) is 21.3. The summed E-state index contributed by atoms with van der Waals surface area (Å²) in [5.41, 5.74) is 2.72. The Balaban J connectivity index is 1.62. The van der Waals surface area contributed by atoms with E-state index in [0.29, 0.717) is 27.5 Å². The van der Waals surface area contributed by atoms with E-state index in [1.807, 2.05) is 19.9 Å². The minimum atomic E-state index is -0.296. The average molecular weight is 453 g/mol. The second kappa shape index (κ2) is 9.04. The molecule has 0 spiro atoms. The topological polar surface area (TPSA) is 96.3 Å². The Bertz CT molecular complexity index is 1150. The first kappa shape index (κ1) is 21.9. The molecule has 1 heterocycles. The van der Waals surface area contributed by atoms with Crippen LogP contribution in [-0.2, 0) is 0 Å². The van der Waals surface area contributed by atoms with Crippen molar-refractivity contribution in [2.75, 3.05) is 5.32 Å². The molecule has 1 saturated carbocycles. The highest BCUT2D eigenvalue weighted by atomic mass is 35.5. The molecule has 1 atom stereocenters. The van der Waals surface area contributed by atoms with Crippen molar-refractivity contribution >= 4 is 29.2 Å². The fourth-order valence-corrected chi connectivity index (χ4v) is 3.48. The normalized spacial score (nSPS) is 14.1. The maximum Gasteiger partial charge on any atom is 0.342 e. The molecule has 2 amide bonds. The maximum absolute atomic E-state index is 12.8. The summed E-state index contributed by atoms with van der Waals surface area (Å²) in [4.78, 5) is 25.3. The predicted octanol–water partition coefficient (Wildman–Crippen LogP) is 5.40. The van der Waals surface area contributed by atoms with Crippen molar-refractivity contribution in [3.63, 3.8) is 0 Å². The van der Waals surface area contributed by atoms with E-state index in [1.165, 1.54) is 10.7 Å². The molecular weight excluding hydrogens is 428 g/mol. The number of phenols is 1. The molecule has 3 N–H and O–H groups in total. The lowest BCUT2D eigenvalue weighted by Gasteiger charge is -2.12. The van der Waals surface area contributed by atoms with Crippen molar-refractivity contribution in [3.8, 4) is 17.0 Å². The first-order chi connectivity index (χ1) is 15.4. The van der Waals surface area contributed by atoms with Crippen molar-refractivity contribution < 1.29 is 14.7 Å². The molecule has 0 bridgehead atoms. The molecule has 0 aliphatic heterocycles. The van der Waals surface area contributed by atoms with Crippen LogP contribution in [-0.4, -0.2) is 32.9 Å². The molecule has 3 aromatic rings. The van der Waals surface area contributed by atoms with Gasteiger partial charge in [-0.25, -0.2) is 4.79 Å². The summed E-state index contributed by atoms with van der Waals surface area (Å²) in [6, 6.07) is 12.9. The largest absolute Gasteiger partial charge is 0.507 e. The molecule has 1 aliphatic rings. The number of phenolic OH excluding ortho intramolecular Hbond substituents is 1. The van der Waals surface area contributed by atoms with E-state index in [1.54, 1.807) is 36.4 Å². The quantitative estimate of drug-likeness (QED) is 0.436. The molecule has 166 valence electrons. The number of carbonyl (C=O) groups is 2. The van der Waals surface area contributed by atoms with E-state index in [4.69, 9.17) is 11.6 Å². The molecule has 1 aliphatic carbocycles. The lowest BCUT2D eigenvalue weighted by molar-refractivity contribution is 0.102. The minimum Gasteiger partial charge on any atom is -0.507 e. The van der Waals surface area contributed by atoms with Gasteiger partial charge in [-0.1, -0.05) is 18.5 Å². The Morgan fingerprint density at radius 1 is 1.19 bits per heavy atom. The Hall–Kier alpha value is -3.32. The number of nitrogens with zero attached hydrogens (tertiary/aromatic N) is 2. The van der Waals surface area contributed by atoms with Crippen LogP contribution >= 0.6 is 11.6 Å². The van der Waals surface area contributed by atoms with Gasteiger partial charge in [-0.2, -0.15) is 9.78 Å². The molecule has 1 fully saturated rings. The van der Waals surface area contributed by atoms with Crippen LogP contribution in [0.15, 0.2) is 48.5 Å². The fraction of sp³-hybridized carbons (Fsp3) is 0.292. The van der Waals surface area contributed by atoms with Crippen molar-refractivity contribution in [1.29, 1.82) is 0 Å². The number of halogens is 1. The number of nitrogens with one attached hydrogen (secondary N) is 2. The standard InChI is InChI=1S/C24H25ClN4O3/c1-3-14(2)26-24(32)29-21(15-4-5-15)13-20(28-29)19-12-18(10-11-22(19)30)27-23(31)16-6-8-17(25)9-7-16/h6-15,30H,3-5H2,1-2H3,(H,26,32)(H,27,31). The number of hydrogen-bond acceptors (Lipinski definition) is 4. The lowest BCUT2D eigenvalue weighted by atomic mass is 10.1. The first-order valence-electron chi connectivity index (χ1n) is 10.7. The molecular formula is C24H25ClN4O3. The molecule has 1 unspecified atom stereocenters. The molecule has 32 heavy (non-hydrogen) atoms. The second-order valence-electron chi connectivity index (χ2n) is 8.09. The zero-order valence-corrected chi connectivity index (χ0v) is 18.7. The van der Waals surface area contributed by atoms with Crippen LogP contribution in [0.1, 0.15) is 55.1 Å². The summed E-state index contributed by atoms with van der Waals surface area (Å²) in [5.74, 6) is 0.00752. The van der Waals surface area contributed by atoms with Crippen LogP contribution < -0.4 is 10.6 Å². The number of anilines is 1. The number of hydrogen-bond donors (Lipinski definition) is 3. The van der Waals surface area contributed by atoms with Gasteiger partial charge >= 0.3 is 6.03 Å². The van der Waals surface area contributed by atoms with Crippen LogP contribution in [0.5, 0.6) is 5.75 Å². The first-order valence-corrected chi connectivity index (χ1v) is 11.0. The van der Waals surface area contributed by atoms with Crippen LogP contribution in [0.3, 0.4) is 0 Å². The average Bonchev–Trinajstić information content (AvgIpc) is 3.53. The maximum atomic E-state index is 12.8. The van der Waals surface area contributed by atoms with Crippen molar-refractivity contribution in [2.24, 2.45) is 0 Å². The molecule has 0 radical (unpaired) electrons. The van der Waals surface area contributed by atoms with Gasteiger partial charge in [0.25, 0.3) is 5.91 Å². The van der Waals surface area contributed by atoms with Gasteiger partial charge in [0.1, 0.15) is 5.75 Å². The number of benzene rings is 2. The SMILES string of the molecule is CCC(C)NC(=O)n1nc(-c2cc(NC(=O)c3ccc(Cl)cc3)ccc2O)cc1C1CC1. The van der Waals surface area contributed by atoms with Gasteiger partial charge in [0, 0.05) is 33.8 Å². The zero-order valence-electron chi connectivity index (χ0n) is 17.9. The van der Waals surface area contributed by atoms with E-state index < -0.39 is 0 Å². The highest BCUT2D eigenvalue weighted by Crippen LogP contribution is 2.42. The Labute approximate surface area is 191 Å². The summed E-state index contributed by atoms with van der Waals surface area (Å²) >= 11 is 5.89. The molecule has 1 aromatic heterocycles. The van der Waals surface area contributed by atoms with Crippen LogP contribution in [0, 0.1) is 0 Å². The van der Waals surface area contributed by atoms with E-state index >= 15 is 0 Å². The van der Waals surface area contributed by atoms with Crippen LogP contribution in [0.4, 0.5) is 10.5 Å². The van der Waals surface area contributed by atoms with Gasteiger partial charge in [-0.15, -0.1) is 0 Å². The van der Waals surface area contributed by atoms with Gasteiger partial charge < -0.3 is 15.7 Å². The van der Waals surface area contributed by atoms with Crippen LogP contribution in [0.2, 0.25) is 5.02 Å². The molecule has 0 saturated heterocycles. The zero-order chi connectivity index (χ0) is 22.8. The fourth-order valence-electron chi connectivity index (χ4n) is 3.36. The molecule has 4 rings (SSSR count). The van der Waals surface area contributed by atoms with E-state index in [0.717, 1.165) is 25.0 Å². The monoisotopic (exact) mass is 452 g/mol. The van der Waals surface area contributed by atoms with Gasteiger partial charge in [-0.3, -0.25) is 4.79 Å². The van der Waals surface area contributed by atoms with E-state index in [2.05, 4.69) is 15.7 Å². The third-order valence-corrected chi connectivity index (χ3v) is 5.80. The molecule has 8 heteroatoms. The summed E-state index contributed by atoms with van der Waals surface area (Å²) in [6.07, 6.45) is 2.82. The number of carbonyl (C=O) groups excluding carboxylic acids is 2. The molecule has 2 aromatic carbocycles. The van der Waals surface area contributed by atoms with Crippen molar-refractivity contribution in [2.45, 2.75) is 45.1 Å². The van der Waals surface area contributed by atoms with Crippen LogP contribution in [0.25, 0.3) is 11.3 Å². The van der Waals surface area contributed by atoms with E-state index in [-0.39, 0.29) is 29.6 Å². The summed E-state index contributed by atoms with van der Waals surface area (Å²) in [7, 11) is 0. The highest BCUT2D eigenvalue weighted by Gasteiger charge is 2.31. The Kier molecular flexibility index (Phi) is 6.19. The lowest BCUT2D eigenvalue weighted by Crippen LogP contribution is -2.36. The van der Waals surface area contributed by atoms with Crippen molar-refractivity contribution in [1.82, 2.24) is 15.1 Å². The van der Waals surface area contributed by atoms with Gasteiger partial charge in [-0.05, 0) is 74.7 Å². The number of aromatic hydroxyl groups is 1. The van der Waals surface area contributed by atoms with Gasteiger partial charge in [0.05, 0.1) is 11.4 Å². The van der Waals surface area contributed by atoms with Crippen molar-refractivity contribution in [3.05, 3.63) is 64.8 Å². The number of aromatic nitrogens is 2. The minimum absolute atomic E-state index is 0.0174. The highest BCUT2D eigenvalue weighted by molar-refractivity contribution is 6.30. The predicted molar refractivity (Wildman–Crippen MR) is 124 cm³/mol. The number of amides is 2. The smallest absolute Gasteiger partial charge is 0.342 e. The van der Waals surface area contributed by atoms with Gasteiger partial charge in [0.15, 0.2) is 0 Å². The Morgan fingerprint density at radius 3 is 2.56 bits per heavy atom. The summed E-state index contributed by atoms with van der Waals surface area (Å²) in [6.45, 7) is 3.95. The third kappa shape index (κ3) is 4.78.